The van der Waals surface area contributed by atoms with Gasteiger partial charge in [-0.1, -0.05) is 103 Å². The first-order valence-corrected chi connectivity index (χ1v) is 12.4. The summed E-state index contributed by atoms with van der Waals surface area (Å²) in [6.45, 7) is 2.17. The first-order valence-electron chi connectivity index (χ1n) is 12.4. The molecule has 0 unspecified atom stereocenters. The first kappa shape index (κ1) is 20.8. The Kier molecular flexibility index (Phi) is 4.78. The molecule has 4 heteroatoms. The van der Waals surface area contributed by atoms with Crippen LogP contribution in [0.3, 0.4) is 0 Å². The predicted octanol–water partition coefficient (Wildman–Crippen LogP) is 7.91. The summed E-state index contributed by atoms with van der Waals surface area (Å²) in [5.74, 6) is 2.08. The van der Waals surface area contributed by atoms with Crippen molar-refractivity contribution in [3.05, 3.63) is 115 Å². The lowest BCUT2D eigenvalue weighted by atomic mass is 9.99. The molecule has 0 amide bonds. The lowest BCUT2D eigenvalue weighted by Crippen LogP contribution is -2.09. The Morgan fingerprint density at radius 2 is 1.36 bits per heavy atom. The highest BCUT2D eigenvalue weighted by atomic mass is 15.2. The van der Waals surface area contributed by atoms with Gasteiger partial charge in [-0.15, -0.1) is 0 Å². The molecule has 0 bridgehead atoms. The number of nitrogens with zero attached hydrogens (tertiary/aromatic N) is 4. The highest BCUT2D eigenvalue weighted by molar-refractivity contribution is 6.18. The Labute approximate surface area is 209 Å². The first-order chi connectivity index (χ1) is 17.8. The predicted molar refractivity (Wildman–Crippen MR) is 148 cm³/mol. The number of rotatable bonds is 3. The summed E-state index contributed by atoms with van der Waals surface area (Å²) in [5.41, 5.74) is 5.72. The summed E-state index contributed by atoms with van der Waals surface area (Å²) in [6.07, 6.45) is 6.29. The van der Waals surface area contributed by atoms with Crippen molar-refractivity contribution >= 4 is 38.2 Å². The molecule has 6 aromatic rings. The third kappa shape index (κ3) is 3.34. The molecular weight excluding hydrogens is 440 g/mol. The minimum absolute atomic E-state index is 0.647. The van der Waals surface area contributed by atoms with Crippen LogP contribution in [0.4, 0.5) is 0 Å². The Balaban J connectivity index is 1.59. The van der Waals surface area contributed by atoms with Gasteiger partial charge in [0.2, 0.25) is 5.95 Å². The van der Waals surface area contributed by atoms with Gasteiger partial charge < -0.3 is 0 Å². The van der Waals surface area contributed by atoms with E-state index in [2.05, 4.69) is 96.4 Å². The third-order valence-corrected chi connectivity index (χ3v) is 7.06. The van der Waals surface area contributed by atoms with Gasteiger partial charge >= 0.3 is 0 Å². The SMILES string of the molecule is CC1=CC=C(c2nc(-c3ccccc3)nc(-n3c4ccccc4c4ccc5ccccc5c43)n2)CC1. The molecule has 0 spiro atoms. The Morgan fingerprint density at radius 3 is 2.19 bits per heavy atom. The van der Waals surface area contributed by atoms with Crippen LogP contribution in [-0.2, 0) is 0 Å². The molecule has 2 aromatic heterocycles. The molecule has 0 N–H and O–H groups in total. The van der Waals surface area contributed by atoms with Crippen LogP contribution in [0.5, 0.6) is 0 Å². The van der Waals surface area contributed by atoms with E-state index >= 15 is 0 Å². The third-order valence-electron chi connectivity index (χ3n) is 7.06. The fourth-order valence-corrected chi connectivity index (χ4v) is 5.19. The van der Waals surface area contributed by atoms with Gasteiger partial charge in [0.25, 0.3) is 0 Å². The van der Waals surface area contributed by atoms with E-state index in [9.17, 15) is 0 Å². The van der Waals surface area contributed by atoms with Crippen molar-refractivity contribution in [2.75, 3.05) is 0 Å². The molecule has 4 aromatic carbocycles. The van der Waals surface area contributed by atoms with Crippen LogP contribution in [0, 0.1) is 0 Å². The summed E-state index contributed by atoms with van der Waals surface area (Å²) in [4.78, 5) is 15.1. The van der Waals surface area contributed by atoms with Gasteiger partial charge in [0.05, 0.1) is 11.0 Å². The van der Waals surface area contributed by atoms with Gasteiger partial charge in [0, 0.05) is 21.7 Å². The zero-order valence-electron chi connectivity index (χ0n) is 20.0. The topological polar surface area (TPSA) is 43.6 Å². The van der Waals surface area contributed by atoms with Crippen LogP contribution >= 0.6 is 0 Å². The number of hydrogen-bond acceptors (Lipinski definition) is 3. The Hall–Kier alpha value is -4.57. The highest BCUT2D eigenvalue weighted by Gasteiger charge is 2.20. The molecule has 36 heavy (non-hydrogen) atoms. The molecular formula is C32H24N4. The van der Waals surface area contributed by atoms with E-state index in [1.807, 2.05) is 18.2 Å². The van der Waals surface area contributed by atoms with Crippen molar-refractivity contribution in [1.29, 1.82) is 0 Å². The summed E-state index contributed by atoms with van der Waals surface area (Å²) < 4.78 is 2.22. The second-order valence-corrected chi connectivity index (χ2v) is 9.39. The Morgan fingerprint density at radius 1 is 0.611 bits per heavy atom. The van der Waals surface area contributed by atoms with E-state index in [4.69, 9.17) is 15.0 Å². The maximum Gasteiger partial charge on any atom is 0.238 e. The van der Waals surface area contributed by atoms with Gasteiger partial charge in [0.15, 0.2) is 11.6 Å². The average molecular weight is 465 g/mol. The average Bonchev–Trinajstić information content (AvgIpc) is 3.29. The minimum Gasteiger partial charge on any atom is -0.277 e. The molecule has 4 nitrogen and oxygen atoms in total. The van der Waals surface area contributed by atoms with Gasteiger partial charge in [-0.2, -0.15) is 9.97 Å². The zero-order chi connectivity index (χ0) is 24.1. The van der Waals surface area contributed by atoms with Crippen molar-refractivity contribution in [1.82, 2.24) is 19.5 Å². The van der Waals surface area contributed by atoms with Crippen molar-refractivity contribution in [3.63, 3.8) is 0 Å². The molecule has 2 heterocycles. The normalized spacial score (nSPS) is 13.8. The second kappa shape index (κ2) is 8.28. The molecule has 0 atom stereocenters. The van der Waals surface area contributed by atoms with Gasteiger partial charge in [0.1, 0.15) is 0 Å². The fraction of sp³-hybridized carbons (Fsp3) is 0.0938. The lowest BCUT2D eigenvalue weighted by Gasteiger charge is -2.14. The number of benzene rings is 4. The van der Waals surface area contributed by atoms with Gasteiger partial charge in [-0.25, -0.2) is 4.98 Å². The number of fused-ring (bicyclic) bond motifs is 5. The summed E-state index contributed by atoms with van der Waals surface area (Å²) >= 11 is 0. The van der Waals surface area contributed by atoms with E-state index < -0.39 is 0 Å². The van der Waals surface area contributed by atoms with Crippen LogP contribution in [0.15, 0.2) is 109 Å². The molecule has 0 saturated carbocycles. The number of hydrogen-bond donors (Lipinski definition) is 0. The standard InChI is InChI=1S/C32H24N4/c1-21-15-17-24(18-16-21)31-33-30(23-10-3-2-4-11-23)34-32(35-31)36-28-14-8-7-13-26(28)27-20-19-22-9-5-6-12-25(22)29(27)36/h2-15,17,19-20H,16,18H2,1H3. The smallest absolute Gasteiger partial charge is 0.238 e. The molecule has 172 valence electrons. The maximum atomic E-state index is 5.10. The van der Waals surface area contributed by atoms with Crippen molar-refractivity contribution in [2.24, 2.45) is 0 Å². The highest BCUT2D eigenvalue weighted by Crippen LogP contribution is 2.36. The van der Waals surface area contributed by atoms with E-state index in [0.717, 1.165) is 40.8 Å². The van der Waals surface area contributed by atoms with Gasteiger partial charge in [-0.05, 0) is 36.8 Å². The number of aromatic nitrogens is 4. The zero-order valence-corrected chi connectivity index (χ0v) is 20.0. The molecule has 1 aliphatic carbocycles. The molecule has 0 radical (unpaired) electrons. The van der Waals surface area contributed by atoms with Crippen LogP contribution in [-0.4, -0.2) is 19.5 Å². The molecule has 1 aliphatic rings. The monoisotopic (exact) mass is 464 g/mol. The fourth-order valence-electron chi connectivity index (χ4n) is 5.19. The number of allylic oxidation sites excluding steroid dienone is 4. The summed E-state index contributed by atoms with van der Waals surface area (Å²) in [6, 6.07) is 31.6. The summed E-state index contributed by atoms with van der Waals surface area (Å²) in [5, 5.41) is 4.77. The number of para-hydroxylation sites is 1. The van der Waals surface area contributed by atoms with Gasteiger partial charge in [-0.3, -0.25) is 4.57 Å². The van der Waals surface area contributed by atoms with Crippen LogP contribution in [0.25, 0.3) is 55.5 Å². The van der Waals surface area contributed by atoms with Crippen LogP contribution in [0.2, 0.25) is 0 Å². The van der Waals surface area contributed by atoms with Crippen LogP contribution in [0.1, 0.15) is 25.6 Å². The summed E-state index contributed by atoms with van der Waals surface area (Å²) in [7, 11) is 0. The molecule has 7 rings (SSSR count). The Bertz CT molecular complexity index is 1840. The van der Waals surface area contributed by atoms with E-state index in [-0.39, 0.29) is 0 Å². The van der Waals surface area contributed by atoms with Crippen molar-refractivity contribution < 1.29 is 0 Å². The van der Waals surface area contributed by atoms with Crippen molar-refractivity contribution in [3.8, 4) is 17.3 Å². The van der Waals surface area contributed by atoms with Crippen molar-refractivity contribution in [2.45, 2.75) is 19.8 Å². The largest absolute Gasteiger partial charge is 0.277 e. The van der Waals surface area contributed by atoms with E-state index in [1.54, 1.807) is 0 Å². The molecule has 0 aliphatic heterocycles. The second-order valence-electron chi connectivity index (χ2n) is 9.39. The maximum absolute atomic E-state index is 5.10. The molecule has 0 fully saturated rings. The van der Waals surface area contributed by atoms with E-state index in [0.29, 0.717) is 11.8 Å². The minimum atomic E-state index is 0.647. The van der Waals surface area contributed by atoms with Crippen LogP contribution < -0.4 is 0 Å². The van der Waals surface area contributed by atoms with E-state index in [1.165, 1.54) is 27.1 Å². The molecule has 0 saturated heterocycles. The lowest BCUT2D eigenvalue weighted by molar-refractivity contribution is 0.903. The quantitative estimate of drug-likeness (QED) is 0.267.